The van der Waals surface area contributed by atoms with Gasteiger partial charge >= 0.3 is 0 Å². The summed E-state index contributed by atoms with van der Waals surface area (Å²) >= 11 is 1.89. The Labute approximate surface area is 71.4 Å². The second-order valence-electron chi connectivity index (χ2n) is 2.98. The summed E-state index contributed by atoms with van der Waals surface area (Å²) in [5, 5.41) is 6.05. The zero-order valence-corrected chi connectivity index (χ0v) is 7.27. The molecule has 0 aromatic heterocycles. The van der Waals surface area contributed by atoms with Gasteiger partial charge < -0.3 is 10.1 Å². The molecule has 3 heteroatoms. The Morgan fingerprint density at radius 1 is 1.55 bits per heavy atom. The third kappa shape index (κ3) is 1.98. The van der Waals surface area contributed by atoms with Gasteiger partial charge in [-0.25, -0.2) is 0 Å². The first-order chi connectivity index (χ1) is 5.45. The van der Waals surface area contributed by atoms with Crippen LogP contribution in [0.4, 0.5) is 0 Å². The van der Waals surface area contributed by atoms with E-state index in [0.29, 0.717) is 11.4 Å². The molecule has 0 radical (unpaired) electrons. The smallest absolute Gasteiger partial charge is 0.0824 e. The van der Waals surface area contributed by atoms with Gasteiger partial charge in [-0.15, -0.1) is 11.8 Å². The molecule has 2 aliphatic heterocycles. The zero-order chi connectivity index (χ0) is 7.52. The van der Waals surface area contributed by atoms with Crippen molar-refractivity contribution >= 4 is 11.8 Å². The Kier molecular flexibility index (Phi) is 2.51. The molecular formula is C8H13NOS. The van der Waals surface area contributed by atoms with Crippen molar-refractivity contribution in [3.63, 3.8) is 0 Å². The fraction of sp³-hybridized carbons (Fsp3) is 0.750. The van der Waals surface area contributed by atoms with Gasteiger partial charge in [0.15, 0.2) is 0 Å². The molecule has 0 spiro atoms. The summed E-state index contributed by atoms with van der Waals surface area (Å²) in [5.74, 6) is 0. The first-order valence-corrected chi connectivity index (χ1v) is 5.02. The largest absolute Gasteiger partial charge is 0.374 e. The van der Waals surface area contributed by atoms with E-state index in [4.69, 9.17) is 4.74 Å². The lowest BCUT2D eigenvalue weighted by molar-refractivity contribution is 0.0204. The first kappa shape index (κ1) is 7.65. The van der Waals surface area contributed by atoms with Crippen molar-refractivity contribution in [2.75, 3.05) is 19.7 Å². The highest BCUT2D eigenvalue weighted by molar-refractivity contribution is 8.03. The molecule has 1 N–H and O–H groups in total. The molecule has 1 unspecified atom stereocenters. The third-order valence-electron chi connectivity index (χ3n) is 2.03. The molecule has 1 atom stereocenters. The molecule has 1 saturated heterocycles. The van der Waals surface area contributed by atoms with Gasteiger partial charge in [0.05, 0.1) is 12.7 Å². The second kappa shape index (κ2) is 3.61. The minimum absolute atomic E-state index is 0.496. The van der Waals surface area contributed by atoms with Gasteiger partial charge in [-0.1, -0.05) is 6.08 Å². The van der Waals surface area contributed by atoms with Crippen molar-refractivity contribution < 1.29 is 4.74 Å². The van der Waals surface area contributed by atoms with Gasteiger partial charge in [0.2, 0.25) is 0 Å². The Bertz CT molecular complexity index is 148. The lowest BCUT2D eigenvalue weighted by Gasteiger charge is -2.28. The van der Waals surface area contributed by atoms with E-state index in [0.717, 1.165) is 19.7 Å². The molecule has 0 aliphatic carbocycles. The molecule has 0 bridgehead atoms. The van der Waals surface area contributed by atoms with Gasteiger partial charge in [-0.2, -0.15) is 0 Å². The van der Waals surface area contributed by atoms with E-state index in [1.807, 2.05) is 11.8 Å². The first-order valence-electron chi connectivity index (χ1n) is 4.08. The average Bonchev–Trinajstić information content (AvgIpc) is 2.36. The molecule has 0 amide bonds. The molecule has 62 valence electrons. The van der Waals surface area contributed by atoms with Crippen LogP contribution in [-0.4, -0.2) is 31.1 Å². The van der Waals surface area contributed by atoms with E-state index in [2.05, 4.69) is 16.8 Å². The van der Waals surface area contributed by atoms with Crippen molar-refractivity contribution in [1.82, 2.24) is 5.32 Å². The zero-order valence-electron chi connectivity index (χ0n) is 6.45. The maximum atomic E-state index is 5.64. The number of rotatable bonds is 3. The van der Waals surface area contributed by atoms with Crippen LogP contribution < -0.4 is 5.32 Å². The van der Waals surface area contributed by atoms with Crippen molar-refractivity contribution in [2.24, 2.45) is 0 Å². The summed E-state index contributed by atoms with van der Waals surface area (Å²) in [6.07, 6.45) is 3.90. The normalized spacial score (nSPS) is 30.7. The lowest BCUT2D eigenvalue weighted by Crippen LogP contribution is -2.49. The molecule has 2 rings (SSSR count). The van der Waals surface area contributed by atoms with Gasteiger partial charge in [-0.05, 0) is 11.8 Å². The van der Waals surface area contributed by atoms with Crippen LogP contribution in [-0.2, 0) is 4.74 Å². The lowest BCUT2D eigenvalue weighted by atomic mass is 10.2. The van der Waals surface area contributed by atoms with Gasteiger partial charge in [0, 0.05) is 18.3 Å². The predicted octanol–water partition coefficient (Wildman–Crippen LogP) is 0.994. The van der Waals surface area contributed by atoms with Crippen LogP contribution in [0.5, 0.6) is 0 Å². The van der Waals surface area contributed by atoms with E-state index >= 15 is 0 Å². The summed E-state index contributed by atoms with van der Waals surface area (Å²) in [6.45, 7) is 3.01. The summed E-state index contributed by atoms with van der Waals surface area (Å²) < 4.78 is 5.64. The fourth-order valence-electron chi connectivity index (χ4n) is 1.16. The topological polar surface area (TPSA) is 21.3 Å². The summed E-state index contributed by atoms with van der Waals surface area (Å²) in [7, 11) is 0. The van der Waals surface area contributed by atoms with E-state index in [-0.39, 0.29) is 0 Å². The summed E-state index contributed by atoms with van der Waals surface area (Å²) in [6, 6.07) is 0. The molecule has 0 aromatic rings. The Morgan fingerprint density at radius 2 is 2.45 bits per heavy atom. The quantitative estimate of drug-likeness (QED) is 0.684. The molecule has 1 fully saturated rings. The molecule has 2 aliphatic rings. The number of nitrogens with one attached hydrogen (secondary N) is 1. The van der Waals surface area contributed by atoms with Crippen LogP contribution in [0.1, 0.15) is 6.42 Å². The van der Waals surface area contributed by atoms with Crippen molar-refractivity contribution in [3.05, 3.63) is 11.5 Å². The Balaban J connectivity index is 1.58. The molecular weight excluding hydrogens is 158 g/mol. The van der Waals surface area contributed by atoms with E-state index in [1.54, 1.807) is 0 Å². The average molecular weight is 171 g/mol. The molecule has 0 aromatic carbocycles. The number of ether oxygens (including phenoxy) is 1. The van der Waals surface area contributed by atoms with Crippen LogP contribution in [0.15, 0.2) is 11.5 Å². The van der Waals surface area contributed by atoms with E-state index in [9.17, 15) is 0 Å². The Hall–Kier alpha value is 0.01000. The molecule has 2 heterocycles. The van der Waals surface area contributed by atoms with Crippen LogP contribution in [0.25, 0.3) is 0 Å². The Morgan fingerprint density at radius 3 is 3.00 bits per heavy atom. The predicted molar refractivity (Wildman–Crippen MR) is 47.7 cm³/mol. The summed E-state index contributed by atoms with van der Waals surface area (Å²) in [5.41, 5.74) is 0. The minimum Gasteiger partial charge on any atom is -0.374 e. The van der Waals surface area contributed by atoms with Gasteiger partial charge in [0.1, 0.15) is 0 Å². The van der Waals surface area contributed by atoms with Gasteiger partial charge in [-0.3, -0.25) is 0 Å². The van der Waals surface area contributed by atoms with Gasteiger partial charge in [0.25, 0.3) is 0 Å². The van der Waals surface area contributed by atoms with Crippen molar-refractivity contribution in [3.8, 4) is 0 Å². The second-order valence-corrected chi connectivity index (χ2v) is 4.19. The van der Waals surface area contributed by atoms with Crippen LogP contribution in [0, 0.1) is 0 Å². The maximum Gasteiger partial charge on any atom is 0.0824 e. The number of allylic oxidation sites excluding steroid dienone is 1. The van der Waals surface area contributed by atoms with E-state index < -0.39 is 0 Å². The highest BCUT2D eigenvalue weighted by atomic mass is 32.2. The van der Waals surface area contributed by atoms with Crippen LogP contribution in [0.2, 0.25) is 0 Å². The fourth-order valence-corrected chi connectivity index (χ4v) is 1.98. The number of hydrogen-bond acceptors (Lipinski definition) is 3. The minimum atomic E-state index is 0.496. The molecule has 11 heavy (non-hydrogen) atoms. The molecule has 0 saturated carbocycles. The maximum absolute atomic E-state index is 5.64. The highest BCUT2D eigenvalue weighted by Crippen LogP contribution is 2.24. The van der Waals surface area contributed by atoms with Crippen molar-refractivity contribution in [1.29, 1.82) is 0 Å². The van der Waals surface area contributed by atoms with Crippen molar-refractivity contribution in [2.45, 2.75) is 17.8 Å². The standard InChI is InChI=1S/C8H13NOS/c1-2-8(11-3-1)6-10-7-4-9-5-7/h1,3,7-9H,2,4-6H2. The third-order valence-corrected chi connectivity index (χ3v) is 3.09. The van der Waals surface area contributed by atoms with Crippen LogP contribution in [0.3, 0.4) is 0 Å². The highest BCUT2D eigenvalue weighted by Gasteiger charge is 2.19. The number of hydrogen-bond donors (Lipinski definition) is 1. The molecule has 2 nitrogen and oxygen atoms in total. The SMILES string of the molecule is C1=CSC(COC2CNC2)C1. The van der Waals surface area contributed by atoms with E-state index in [1.165, 1.54) is 6.42 Å². The van der Waals surface area contributed by atoms with Crippen LogP contribution >= 0.6 is 11.8 Å². The monoisotopic (exact) mass is 171 g/mol. The summed E-state index contributed by atoms with van der Waals surface area (Å²) in [4.78, 5) is 0. The number of thioether (sulfide) groups is 1.